The summed E-state index contributed by atoms with van der Waals surface area (Å²) in [5, 5.41) is 0. The first-order chi connectivity index (χ1) is 8.65. The van der Waals surface area contributed by atoms with Gasteiger partial charge in [0.15, 0.2) is 0 Å². The minimum atomic E-state index is 0.657. The topological polar surface area (TPSA) is 57.4 Å². The second kappa shape index (κ2) is 4.96. The van der Waals surface area contributed by atoms with Crippen molar-refractivity contribution in [3.63, 3.8) is 0 Å². The van der Waals surface area contributed by atoms with Gasteiger partial charge in [0.05, 0.1) is 25.5 Å². The average Bonchev–Trinajstić information content (AvgIpc) is 2.37. The maximum atomic E-state index is 5.79. The molecule has 4 heteroatoms. The van der Waals surface area contributed by atoms with Gasteiger partial charge in [0.2, 0.25) is 0 Å². The fourth-order valence-electron chi connectivity index (χ4n) is 1.88. The zero-order valence-electron chi connectivity index (χ0n) is 10.7. The van der Waals surface area contributed by atoms with E-state index in [-0.39, 0.29) is 0 Å². The molecule has 0 spiro atoms. The van der Waals surface area contributed by atoms with Crippen LogP contribution >= 0.6 is 0 Å². The normalized spacial score (nSPS) is 10.2. The number of hydrogen-bond donors (Lipinski definition) is 1. The quantitative estimate of drug-likeness (QED) is 0.901. The summed E-state index contributed by atoms with van der Waals surface area (Å²) in [5.41, 5.74) is 9.07. The van der Waals surface area contributed by atoms with Gasteiger partial charge in [0, 0.05) is 11.9 Å². The van der Waals surface area contributed by atoms with Crippen molar-refractivity contribution in [2.45, 2.75) is 6.92 Å². The first-order valence-electron chi connectivity index (χ1n) is 5.60. The summed E-state index contributed by atoms with van der Waals surface area (Å²) in [6.45, 7) is 1.99. The molecule has 94 valence electrons. The highest BCUT2D eigenvalue weighted by molar-refractivity contribution is 5.76. The number of aryl methyl sites for hydroxylation is 1. The number of nitrogen functional groups attached to an aromatic ring is 1. The summed E-state index contributed by atoms with van der Waals surface area (Å²) < 4.78 is 10.8. The van der Waals surface area contributed by atoms with Crippen LogP contribution in [0.15, 0.2) is 30.5 Å². The summed E-state index contributed by atoms with van der Waals surface area (Å²) >= 11 is 0. The summed E-state index contributed by atoms with van der Waals surface area (Å²) in [6.07, 6.45) is 1.67. The van der Waals surface area contributed by atoms with Crippen molar-refractivity contribution in [3.8, 4) is 22.8 Å². The highest BCUT2D eigenvalue weighted by Gasteiger charge is 2.14. The smallest absolute Gasteiger partial charge is 0.132 e. The molecule has 0 unspecified atom stereocenters. The number of pyridine rings is 1. The molecule has 0 aliphatic rings. The molecule has 0 aliphatic heterocycles. The van der Waals surface area contributed by atoms with Gasteiger partial charge in [0.1, 0.15) is 11.5 Å². The number of aromatic nitrogens is 1. The van der Waals surface area contributed by atoms with Crippen molar-refractivity contribution in [2.75, 3.05) is 20.0 Å². The fraction of sp³-hybridized carbons (Fsp3) is 0.214. The minimum Gasteiger partial charge on any atom is -0.496 e. The van der Waals surface area contributed by atoms with Crippen molar-refractivity contribution in [3.05, 3.63) is 36.0 Å². The number of ether oxygens (including phenoxy) is 2. The van der Waals surface area contributed by atoms with E-state index in [0.717, 1.165) is 28.3 Å². The standard InChI is InChI=1S/C14H16N2O2/c1-9-6-12(17-2)14(13(7-9)18-3)11-8-10(15)4-5-16-11/h4-8H,1-3H3,(H2,15,16). The molecule has 1 heterocycles. The van der Waals surface area contributed by atoms with Gasteiger partial charge >= 0.3 is 0 Å². The van der Waals surface area contributed by atoms with Gasteiger partial charge in [-0.2, -0.15) is 0 Å². The Kier molecular flexibility index (Phi) is 3.37. The van der Waals surface area contributed by atoms with E-state index < -0.39 is 0 Å². The van der Waals surface area contributed by atoms with E-state index in [1.807, 2.05) is 19.1 Å². The van der Waals surface area contributed by atoms with E-state index in [0.29, 0.717) is 5.69 Å². The molecule has 18 heavy (non-hydrogen) atoms. The van der Waals surface area contributed by atoms with E-state index in [1.54, 1.807) is 32.5 Å². The Bertz CT molecular complexity index is 542. The number of nitrogens with zero attached hydrogens (tertiary/aromatic N) is 1. The highest BCUT2D eigenvalue weighted by Crippen LogP contribution is 2.38. The largest absolute Gasteiger partial charge is 0.496 e. The molecule has 2 N–H and O–H groups in total. The number of benzene rings is 1. The lowest BCUT2D eigenvalue weighted by atomic mass is 10.1. The molecule has 1 aromatic carbocycles. The fourth-order valence-corrected chi connectivity index (χ4v) is 1.88. The lowest BCUT2D eigenvalue weighted by Gasteiger charge is -2.14. The molecule has 1 aromatic heterocycles. The van der Waals surface area contributed by atoms with Gasteiger partial charge in [-0.3, -0.25) is 4.98 Å². The van der Waals surface area contributed by atoms with Gasteiger partial charge < -0.3 is 15.2 Å². The van der Waals surface area contributed by atoms with E-state index >= 15 is 0 Å². The van der Waals surface area contributed by atoms with Crippen LogP contribution in [0.3, 0.4) is 0 Å². The first-order valence-corrected chi connectivity index (χ1v) is 5.60. The molecule has 0 atom stereocenters. The third-order valence-corrected chi connectivity index (χ3v) is 2.69. The summed E-state index contributed by atoms with van der Waals surface area (Å²) in [7, 11) is 3.26. The van der Waals surface area contributed by atoms with Crippen LogP contribution < -0.4 is 15.2 Å². The predicted molar refractivity (Wildman–Crippen MR) is 71.9 cm³/mol. The number of rotatable bonds is 3. The Morgan fingerprint density at radius 3 is 2.17 bits per heavy atom. The summed E-state index contributed by atoms with van der Waals surface area (Å²) in [5.74, 6) is 1.45. The zero-order chi connectivity index (χ0) is 13.1. The molecule has 0 amide bonds. The van der Waals surface area contributed by atoms with Gasteiger partial charge in [-0.05, 0) is 36.8 Å². The Morgan fingerprint density at radius 1 is 1.06 bits per heavy atom. The maximum absolute atomic E-state index is 5.79. The van der Waals surface area contributed by atoms with E-state index in [1.165, 1.54) is 0 Å². The van der Waals surface area contributed by atoms with Crippen molar-refractivity contribution in [1.29, 1.82) is 0 Å². The highest BCUT2D eigenvalue weighted by atomic mass is 16.5. The van der Waals surface area contributed by atoms with Crippen molar-refractivity contribution < 1.29 is 9.47 Å². The Balaban J connectivity index is 2.68. The lowest BCUT2D eigenvalue weighted by molar-refractivity contribution is 0.396. The number of anilines is 1. The molecule has 2 rings (SSSR count). The molecular formula is C14H16N2O2. The predicted octanol–water partition coefficient (Wildman–Crippen LogP) is 2.66. The molecule has 0 saturated heterocycles. The van der Waals surface area contributed by atoms with Crippen LogP contribution in [0, 0.1) is 6.92 Å². The Morgan fingerprint density at radius 2 is 1.67 bits per heavy atom. The van der Waals surface area contributed by atoms with Crippen molar-refractivity contribution in [1.82, 2.24) is 4.98 Å². The summed E-state index contributed by atoms with van der Waals surface area (Å²) in [6, 6.07) is 7.44. The Hall–Kier alpha value is -2.23. The molecule has 0 saturated carbocycles. The molecule has 4 nitrogen and oxygen atoms in total. The minimum absolute atomic E-state index is 0.657. The molecule has 2 aromatic rings. The SMILES string of the molecule is COc1cc(C)cc(OC)c1-c1cc(N)ccn1. The lowest BCUT2D eigenvalue weighted by Crippen LogP contribution is -1.96. The molecule has 0 radical (unpaired) electrons. The third kappa shape index (κ3) is 2.22. The molecule has 0 bridgehead atoms. The van der Waals surface area contributed by atoms with Crippen LogP contribution in [-0.2, 0) is 0 Å². The van der Waals surface area contributed by atoms with Crippen LogP contribution in [0.25, 0.3) is 11.3 Å². The van der Waals surface area contributed by atoms with Crippen LogP contribution in [0.5, 0.6) is 11.5 Å². The number of hydrogen-bond acceptors (Lipinski definition) is 4. The molecule has 0 aliphatic carbocycles. The van der Waals surface area contributed by atoms with Gasteiger partial charge in [-0.1, -0.05) is 0 Å². The second-order valence-electron chi connectivity index (χ2n) is 4.02. The monoisotopic (exact) mass is 244 g/mol. The van der Waals surface area contributed by atoms with E-state index in [2.05, 4.69) is 4.98 Å². The van der Waals surface area contributed by atoms with Gasteiger partial charge in [-0.25, -0.2) is 0 Å². The van der Waals surface area contributed by atoms with Crippen molar-refractivity contribution >= 4 is 5.69 Å². The number of nitrogens with two attached hydrogens (primary N) is 1. The molecular weight excluding hydrogens is 228 g/mol. The van der Waals surface area contributed by atoms with Crippen molar-refractivity contribution in [2.24, 2.45) is 0 Å². The van der Waals surface area contributed by atoms with E-state index in [4.69, 9.17) is 15.2 Å². The zero-order valence-corrected chi connectivity index (χ0v) is 10.7. The van der Waals surface area contributed by atoms with Gasteiger partial charge in [0.25, 0.3) is 0 Å². The maximum Gasteiger partial charge on any atom is 0.132 e. The number of methoxy groups -OCH3 is 2. The van der Waals surface area contributed by atoms with Crippen LogP contribution in [-0.4, -0.2) is 19.2 Å². The third-order valence-electron chi connectivity index (χ3n) is 2.69. The van der Waals surface area contributed by atoms with Gasteiger partial charge in [-0.15, -0.1) is 0 Å². The first kappa shape index (κ1) is 12.2. The molecule has 0 fully saturated rings. The second-order valence-corrected chi connectivity index (χ2v) is 4.02. The van der Waals surface area contributed by atoms with Crippen LogP contribution in [0.1, 0.15) is 5.56 Å². The Labute approximate surface area is 106 Å². The van der Waals surface area contributed by atoms with Crippen LogP contribution in [0.4, 0.5) is 5.69 Å². The van der Waals surface area contributed by atoms with E-state index in [9.17, 15) is 0 Å². The summed E-state index contributed by atoms with van der Waals surface area (Å²) in [4.78, 5) is 4.32. The van der Waals surface area contributed by atoms with Crippen LogP contribution in [0.2, 0.25) is 0 Å². The average molecular weight is 244 g/mol.